The molecule has 1 aliphatic rings. The van der Waals surface area contributed by atoms with Crippen LogP contribution in [0.2, 0.25) is 0 Å². The number of hydrogen-bond donors (Lipinski definition) is 2. The van der Waals surface area contributed by atoms with Crippen molar-refractivity contribution in [1.82, 2.24) is 20.8 Å². The maximum atomic E-state index is 11.5. The summed E-state index contributed by atoms with van der Waals surface area (Å²) in [5.74, 6) is 0.557. The van der Waals surface area contributed by atoms with Gasteiger partial charge in [0.05, 0.1) is 0 Å². The van der Waals surface area contributed by atoms with E-state index < -0.39 is 0 Å². The van der Waals surface area contributed by atoms with Crippen molar-refractivity contribution >= 4 is 17.6 Å². The molecule has 114 valence electrons. The Morgan fingerprint density at radius 3 is 2.81 bits per heavy atom. The number of hydrogen-bond acceptors (Lipinski definition) is 5. The predicted molar refractivity (Wildman–Crippen MR) is 79.1 cm³/mol. The quantitative estimate of drug-likeness (QED) is 0.835. The Labute approximate surface area is 124 Å². The maximum Gasteiger partial charge on any atom is 0.271 e. The molecule has 1 aromatic heterocycles. The maximum absolute atomic E-state index is 11.5. The van der Waals surface area contributed by atoms with Crippen molar-refractivity contribution < 1.29 is 9.59 Å². The van der Waals surface area contributed by atoms with Crippen LogP contribution in [0.4, 0.5) is 5.82 Å². The van der Waals surface area contributed by atoms with Crippen LogP contribution in [-0.4, -0.2) is 48.2 Å². The molecule has 0 saturated carbocycles. The van der Waals surface area contributed by atoms with Crippen molar-refractivity contribution in [1.29, 1.82) is 0 Å². The standard InChI is InChI=1S/C14H21N5O2/c1-3-13(20)16-10-5-4-8-19(9-10)12-7-6-11(17-18-12)14(21)15-2/h6-7,10H,3-5,8-9H2,1-2H3,(H,15,21)(H,16,20). The van der Waals surface area contributed by atoms with Gasteiger partial charge in [0.15, 0.2) is 11.5 Å². The van der Waals surface area contributed by atoms with Gasteiger partial charge in [0.2, 0.25) is 5.91 Å². The van der Waals surface area contributed by atoms with Crippen LogP contribution in [0.5, 0.6) is 0 Å². The second kappa shape index (κ2) is 7.01. The summed E-state index contributed by atoms with van der Waals surface area (Å²) in [7, 11) is 1.56. The Morgan fingerprint density at radius 1 is 1.38 bits per heavy atom. The van der Waals surface area contributed by atoms with Crippen molar-refractivity contribution in [3.05, 3.63) is 17.8 Å². The molecule has 1 atom stereocenters. The molecule has 2 amide bonds. The molecule has 2 rings (SSSR count). The molecular formula is C14H21N5O2. The van der Waals surface area contributed by atoms with Crippen molar-refractivity contribution in [2.75, 3.05) is 25.0 Å². The summed E-state index contributed by atoms with van der Waals surface area (Å²) in [4.78, 5) is 25.0. The summed E-state index contributed by atoms with van der Waals surface area (Å²) >= 11 is 0. The van der Waals surface area contributed by atoms with Crippen molar-refractivity contribution in [3.8, 4) is 0 Å². The van der Waals surface area contributed by atoms with E-state index in [1.165, 1.54) is 0 Å². The highest BCUT2D eigenvalue weighted by molar-refractivity contribution is 5.91. The Morgan fingerprint density at radius 2 is 2.19 bits per heavy atom. The van der Waals surface area contributed by atoms with Crippen molar-refractivity contribution in [2.24, 2.45) is 0 Å². The van der Waals surface area contributed by atoms with Crippen LogP contribution < -0.4 is 15.5 Å². The molecule has 7 heteroatoms. The normalized spacial score (nSPS) is 18.2. The lowest BCUT2D eigenvalue weighted by Gasteiger charge is -2.33. The summed E-state index contributed by atoms with van der Waals surface area (Å²) in [6.45, 7) is 3.45. The van der Waals surface area contributed by atoms with Gasteiger partial charge < -0.3 is 15.5 Å². The molecule has 1 saturated heterocycles. The molecule has 1 unspecified atom stereocenters. The van der Waals surface area contributed by atoms with E-state index in [9.17, 15) is 9.59 Å². The van der Waals surface area contributed by atoms with E-state index in [0.717, 1.165) is 31.7 Å². The Balaban J connectivity index is 2.00. The third-order valence-corrected chi connectivity index (χ3v) is 3.54. The van der Waals surface area contributed by atoms with Crippen LogP contribution in [0.15, 0.2) is 12.1 Å². The summed E-state index contributed by atoms with van der Waals surface area (Å²) < 4.78 is 0. The second-order valence-corrected chi connectivity index (χ2v) is 5.06. The Bertz CT molecular complexity index is 503. The van der Waals surface area contributed by atoms with Crippen LogP contribution in [-0.2, 0) is 4.79 Å². The van der Waals surface area contributed by atoms with Crippen LogP contribution in [0, 0.1) is 0 Å². The molecule has 1 aliphatic heterocycles. The van der Waals surface area contributed by atoms with Crippen molar-refractivity contribution in [2.45, 2.75) is 32.2 Å². The minimum Gasteiger partial charge on any atom is -0.354 e. The fourth-order valence-electron chi connectivity index (χ4n) is 2.38. The molecule has 1 fully saturated rings. The Kier molecular flexibility index (Phi) is 5.08. The fourth-order valence-corrected chi connectivity index (χ4v) is 2.38. The van der Waals surface area contributed by atoms with Gasteiger partial charge in [-0.05, 0) is 25.0 Å². The van der Waals surface area contributed by atoms with Gasteiger partial charge in [-0.2, -0.15) is 0 Å². The SMILES string of the molecule is CCC(=O)NC1CCCN(c2ccc(C(=O)NC)nn2)C1. The topological polar surface area (TPSA) is 87.2 Å². The number of nitrogens with one attached hydrogen (secondary N) is 2. The average Bonchev–Trinajstić information content (AvgIpc) is 2.54. The minimum atomic E-state index is -0.249. The first kappa shape index (κ1) is 15.2. The molecule has 0 spiro atoms. The van der Waals surface area contributed by atoms with E-state index in [0.29, 0.717) is 12.1 Å². The highest BCUT2D eigenvalue weighted by Crippen LogP contribution is 2.17. The van der Waals surface area contributed by atoms with Crippen molar-refractivity contribution in [3.63, 3.8) is 0 Å². The Hall–Kier alpha value is -2.18. The fraction of sp³-hybridized carbons (Fsp3) is 0.571. The lowest BCUT2D eigenvalue weighted by Crippen LogP contribution is -2.48. The number of rotatable bonds is 4. The predicted octanol–water partition coefficient (Wildman–Crippen LogP) is 0.331. The summed E-state index contributed by atoms with van der Waals surface area (Å²) in [5, 5.41) is 13.6. The second-order valence-electron chi connectivity index (χ2n) is 5.06. The van der Waals surface area contributed by atoms with E-state index in [1.54, 1.807) is 19.2 Å². The van der Waals surface area contributed by atoms with Gasteiger partial charge >= 0.3 is 0 Å². The molecule has 0 radical (unpaired) electrons. The first-order valence-electron chi connectivity index (χ1n) is 7.24. The largest absolute Gasteiger partial charge is 0.354 e. The first-order valence-corrected chi connectivity index (χ1v) is 7.24. The summed E-state index contributed by atoms with van der Waals surface area (Å²) in [6, 6.07) is 3.60. The van der Waals surface area contributed by atoms with E-state index >= 15 is 0 Å². The molecule has 2 N–H and O–H groups in total. The average molecular weight is 291 g/mol. The van der Waals surface area contributed by atoms with Crippen LogP contribution in [0.1, 0.15) is 36.7 Å². The molecule has 0 aromatic carbocycles. The minimum absolute atomic E-state index is 0.0721. The van der Waals surface area contributed by atoms with Gasteiger partial charge in [0.25, 0.3) is 5.91 Å². The summed E-state index contributed by atoms with van der Waals surface area (Å²) in [6.07, 6.45) is 2.47. The lowest BCUT2D eigenvalue weighted by molar-refractivity contribution is -0.121. The zero-order valence-corrected chi connectivity index (χ0v) is 12.4. The summed E-state index contributed by atoms with van der Waals surface area (Å²) in [5.41, 5.74) is 0.300. The smallest absolute Gasteiger partial charge is 0.271 e. The first-order chi connectivity index (χ1) is 10.1. The number of piperidine rings is 1. The van der Waals surface area contributed by atoms with E-state index in [2.05, 4.69) is 25.7 Å². The monoisotopic (exact) mass is 291 g/mol. The van der Waals surface area contributed by atoms with Gasteiger partial charge in [-0.3, -0.25) is 9.59 Å². The molecule has 2 heterocycles. The van der Waals surface area contributed by atoms with Crippen LogP contribution in [0.25, 0.3) is 0 Å². The lowest BCUT2D eigenvalue weighted by atomic mass is 10.1. The molecule has 21 heavy (non-hydrogen) atoms. The molecule has 0 aliphatic carbocycles. The number of anilines is 1. The van der Waals surface area contributed by atoms with Gasteiger partial charge in [0, 0.05) is 32.6 Å². The molecule has 7 nitrogen and oxygen atoms in total. The number of amides is 2. The number of aromatic nitrogens is 2. The van der Waals surface area contributed by atoms with Crippen LogP contribution >= 0.6 is 0 Å². The molecular weight excluding hydrogens is 270 g/mol. The molecule has 1 aromatic rings. The third-order valence-electron chi connectivity index (χ3n) is 3.54. The number of carbonyl (C=O) groups excluding carboxylic acids is 2. The number of carbonyl (C=O) groups is 2. The van der Waals surface area contributed by atoms with Gasteiger partial charge in [-0.1, -0.05) is 6.92 Å². The highest BCUT2D eigenvalue weighted by atomic mass is 16.2. The third kappa shape index (κ3) is 3.90. The van der Waals surface area contributed by atoms with Crippen LogP contribution in [0.3, 0.4) is 0 Å². The zero-order valence-electron chi connectivity index (χ0n) is 12.4. The zero-order chi connectivity index (χ0) is 15.2. The van der Waals surface area contributed by atoms with E-state index in [-0.39, 0.29) is 17.9 Å². The van der Waals surface area contributed by atoms with Gasteiger partial charge in [0.1, 0.15) is 0 Å². The molecule has 0 bridgehead atoms. The van der Waals surface area contributed by atoms with Gasteiger partial charge in [-0.25, -0.2) is 0 Å². The van der Waals surface area contributed by atoms with E-state index in [4.69, 9.17) is 0 Å². The van der Waals surface area contributed by atoms with E-state index in [1.807, 2.05) is 6.92 Å². The highest BCUT2D eigenvalue weighted by Gasteiger charge is 2.22. The number of nitrogens with zero attached hydrogens (tertiary/aromatic N) is 3. The van der Waals surface area contributed by atoms with Gasteiger partial charge in [-0.15, -0.1) is 10.2 Å².